The number of hydrogen-bond donors (Lipinski definition) is 0. The molecule has 0 saturated heterocycles. The van der Waals surface area contributed by atoms with Crippen LogP contribution in [0.5, 0.6) is 0 Å². The number of carbonyl (C=O) groups is 1. The number of nitrogens with zero attached hydrogens (tertiary/aromatic N) is 2. The Kier molecular flexibility index (Phi) is 4.96. The molecule has 20 heavy (non-hydrogen) atoms. The molecule has 0 radical (unpaired) electrons. The molecule has 0 aliphatic rings. The fraction of sp³-hybridized carbons (Fsp3) is 0.375. The van der Waals surface area contributed by atoms with Gasteiger partial charge in [0.1, 0.15) is 0 Å². The van der Waals surface area contributed by atoms with Gasteiger partial charge in [-0.3, -0.25) is 9.48 Å². The van der Waals surface area contributed by atoms with Gasteiger partial charge in [-0.25, -0.2) is 0 Å². The lowest BCUT2D eigenvalue weighted by molar-refractivity contribution is 0.0982. The van der Waals surface area contributed by atoms with Gasteiger partial charge in [0, 0.05) is 18.5 Å². The molecular formula is C16H19ClN2O. The van der Waals surface area contributed by atoms with Crippen LogP contribution in [0.1, 0.15) is 42.0 Å². The summed E-state index contributed by atoms with van der Waals surface area (Å²) in [7, 11) is 0. The van der Waals surface area contributed by atoms with Crippen molar-refractivity contribution in [1.29, 1.82) is 0 Å². The van der Waals surface area contributed by atoms with Gasteiger partial charge in [-0.15, -0.1) is 0 Å². The zero-order chi connectivity index (χ0) is 14.5. The molecule has 2 rings (SSSR count). The van der Waals surface area contributed by atoms with Crippen LogP contribution in [-0.4, -0.2) is 15.6 Å². The van der Waals surface area contributed by atoms with E-state index in [9.17, 15) is 4.79 Å². The molecule has 1 heterocycles. The second kappa shape index (κ2) is 6.71. The first-order valence-electron chi connectivity index (χ1n) is 6.99. The fourth-order valence-corrected chi connectivity index (χ4v) is 2.62. The Morgan fingerprint density at radius 2 is 1.95 bits per heavy atom. The van der Waals surface area contributed by atoms with Crippen LogP contribution in [0.4, 0.5) is 0 Å². The highest BCUT2D eigenvalue weighted by atomic mass is 35.5. The molecule has 0 bridgehead atoms. The molecule has 1 aromatic heterocycles. The molecule has 0 spiro atoms. The van der Waals surface area contributed by atoms with E-state index in [2.05, 4.69) is 5.10 Å². The number of rotatable bonds is 6. The summed E-state index contributed by atoms with van der Waals surface area (Å²) in [5.74, 6) is 0.142. The Labute approximate surface area is 124 Å². The molecule has 3 nitrogen and oxygen atoms in total. The lowest BCUT2D eigenvalue weighted by atomic mass is 10.1. The van der Waals surface area contributed by atoms with Crippen molar-refractivity contribution in [3.8, 4) is 0 Å². The molecule has 0 aliphatic carbocycles. The smallest absolute Gasteiger partial charge is 0.163 e. The third-order valence-corrected chi connectivity index (χ3v) is 3.82. The molecule has 0 saturated carbocycles. The monoisotopic (exact) mass is 290 g/mol. The van der Waals surface area contributed by atoms with E-state index in [1.54, 1.807) is 0 Å². The van der Waals surface area contributed by atoms with Crippen molar-refractivity contribution in [1.82, 2.24) is 9.78 Å². The minimum atomic E-state index is 0.142. The quantitative estimate of drug-likeness (QED) is 0.756. The van der Waals surface area contributed by atoms with Crippen LogP contribution < -0.4 is 0 Å². The van der Waals surface area contributed by atoms with E-state index in [0.717, 1.165) is 34.9 Å². The first kappa shape index (κ1) is 14.8. The second-order valence-corrected chi connectivity index (χ2v) is 5.04. The summed E-state index contributed by atoms with van der Waals surface area (Å²) in [5, 5.41) is 5.19. The topological polar surface area (TPSA) is 34.9 Å². The summed E-state index contributed by atoms with van der Waals surface area (Å²) >= 11 is 6.34. The summed E-state index contributed by atoms with van der Waals surface area (Å²) in [6.45, 7) is 4.84. The van der Waals surface area contributed by atoms with Crippen LogP contribution in [-0.2, 0) is 19.4 Å². The SMILES string of the molecule is CCc1nn(CC)c(CCC(=O)c2ccccc2)c1Cl. The van der Waals surface area contributed by atoms with Gasteiger partial charge < -0.3 is 0 Å². The molecule has 0 atom stereocenters. The van der Waals surface area contributed by atoms with Gasteiger partial charge in [0.25, 0.3) is 0 Å². The molecule has 0 aliphatic heterocycles. The van der Waals surface area contributed by atoms with Gasteiger partial charge in [0.15, 0.2) is 5.78 Å². The maximum Gasteiger partial charge on any atom is 0.163 e. The van der Waals surface area contributed by atoms with Gasteiger partial charge in [-0.2, -0.15) is 5.10 Å². The van der Waals surface area contributed by atoms with Crippen LogP contribution >= 0.6 is 11.6 Å². The Morgan fingerprint density at radius 1 is 1.25 bits per heavy atom. The highest BCUT2D eigenvalue weighted by Gasteiger charge is 2.15. The van der Waals surface area contributed by atoms with Crippen molar-refractivity contribution in [2.45, 2.75) is 39.7 Å². The van der Waals surface area contributed by atoms with Crippen LogP contribution in [0.15, 0.2) is 30.3 Å². The van der Waals surface area contributed by atoms with Gasteiger partial charge in [-0.05, 0) is 19.8 Å². The Morgan fingerprint density at radius 3 is 2.55 bits per heavy atom. The number of ketones is 1. The molecule has 4 heteroatoms. The average Bonchev–Trinajstić information content (AvgIpc) is 2.81. The van der Waals surface area contributed by atoms with E-state index in [0.29, 0.717) is 12.8 Å². The van der Waals surface area contributed by atoms with Crippen LogP contribution in [0.2, 0.25) is 5.02 Å². The number of hydrogen-bond acceptors (Lipinski definition) is 2. The zero-order valence-corrected chi connectivity index (χ0v) is 12.7. The molecular weight excluding hydrogens is 272 g/mol. The molecule has 0 N–H and O–H groups in total. The Hall–Kier alpha value is -1.61. The van der Waals surface area contributed by atoms with Gasteiger partial charge in [-0.1, -0.05) is 48.9 Å². The first-order valence-corrected chi connectivity index (χ1v) is 7.37. The van der Waals surface area contributed by atoms with Crippen molar-refractivity contribution in [2.75, 3.05) is 0 Å². The van der Waals surface area contributed by atoms with E-state index in [1.807, 2.05) is 48.9 Å². The standard InChI is InChI=1S/C16H19ClN2O/c1-3-13-16(17)14(19(4-2)18-13)10-11-15(20)12-8-6-5-7-9-12/h5-9H,3-4,10-11H2,1-2H3. The number of carbonyl (C=O) groups excluding carboxylic acids is 1. The normalized spacial score (nSPS) is 10.8. The fourth-order valence-electron chi connectivity index (χ4n) is 2.26. The van der Waals surface area contributed by atoms with Crippen LogP contribution in [0, 0.1) is 0 Å². The second-order valence-electron chi connectivity index (χ2n) is 4.67. The molecule has 0 amide bonds. The van der Waals surface area contributed by atoms with E-state index in [4.69, 9.17) is 11.6 Å². The highest BCUT2D eigenvalue weighted by Crippen LogP contribution is 2.23. The molecule has 106 valence electrons. The van der Waals surface area contributed by atoms with Crippen molar-refractivity contribution in [3.63, 3.8) is 0 Å². The maximum atomic E-state index is 12.1. The molecule has 1 aromatic carbocycles. The minimum Gasteiger partial charge on any atom is -0.294 e. The van der Waals surface area contributed by atoms with Crippen molar-refractivity contribution >= 4 is 17.4 Å². The Balaban J connectivity index is 2.11. The van der Waals surface area contributed by atoms with Crippen molar-refractivity contribution in [3.05, 3.63) is 52.3 Å². The lowest BCUT2D eigenvalue weighted by Crippen LogP contribution is -2.07. The predicted octanol–water partition coefficient (Wildman–Crippen LogP) is 3.93. The van der Waals surface area contributed by atoms with E-state index in [-0.39, 0.29) is 5.78 Å². The van der Waals surface area contributed by atoms with Gasteiger partial charge in [0.05, 0.1) is 16.4 Å². The summed E-state index contributed by atoms with van der Waals surface area (Å²) in [6, 6.07) is 9.36. The number of aryl methyl sites for hydroxylation is 2. The van der Waals surface area contributed by atoms with E-state index >= 15 is 0 Å². The van der Waals surface area contributed by atoms with Crippen LogP contribution in [0.25, 0.3) is 0 Å². The largest absolute Gasteiger partial charge is 0.294 e. The summed E-state index contributed by atoms with van der Waals surface area (Å²) in [5.41, 5.74) is 2.63. The summed E-state index contributed by atoms with van der Waals surface area (Å²) < 4.78 is 1.90. The third kappa shape index (κ3) is 3.10. The molecule has 0 fully saturated rings. The average molecular weight is 291 g/mol. The predicted molar refractivity (Wildman–Crippen MR) is 81.4 cm³/mol. The number of halogens is 1. The zero-order valence-electron chi connectivity index (χ0n) is 11.9. The number of Topliss-reactive ketones (excluding diaryl/α,β-unsaturated/α-hetero) is 1. The Bertz CT molecular complexity index is 590. The third-order valence-electron chi connectivity index (χ3n) is 3.38. The molecule has 2 aromatic rings. The lowest BCUT2D eigenvalue weighted by Gasteiger charge is -2.05. The van der Waals surface area contributed by atoms with Crippen LogP contribution in [0.3, 0.4) is 0 Å². The van der Waals surface area contributed by atoms with E-state index in [1.165, 1.54) is 0 Å². The van der Waals surface area contributed by atoms with Crippen molar-refractivity contribution < 1.29 is 4.79 Å². The van der Waals surface area contributed by atoms with Gasteiger partial charge in [0.2, 0.25) is 0 Å². The number of benzene rings is 1. The highest BCUT2D eigenvalue weighted by molar-refractivity contribution is 6.31. The number of aromatic nitrogens is 2. The summed E-state index contributed by atoms with van der Waals surface area (Å²) in [6.07, 6.45) is 1.90. The van der Waals surface area contributed by atoms with E-state index < -0.39 is 0 Å². The summed E-state index contributed by atoms with van der Waals surface area (Å²) in [4.78, 5) is 12.1. The van der Waals surface area contributed by atoms with Gasteiger partial charge >= 0.3 is 0 Å². The van der Waals surface area contributed by atoms with Crippen molar-refractivity contribution in [2.24, 2.45) is 0 Å². The maximum absolute atomic E-state index is 12.1. The minimum absolute atomic E-state index is 0.142. The molecule has 0 unspecified atom stereocenters. The first-order chi connectivity index (χ1) is 9.67.